The third-order valence-corrected chi connectivity index (χ3v) is 5.28. The van der Waals surface area contributed by atoms with Crippen LogP contribution >= 0.6 is 11.6 Å². The molecule has 0 unspecified atom stereocenters. The van der Waals surface area contributed by atoms with Gasteiger partial charge in [-0.25, -0.2) is 4.98 Å². The molecule has 0 atom stereocenters. The second kappa shape index (κ2) is 7.77. The quantitative estimate of drug-likeness (QED) is 0.528. The summed E-state index contributed by atoms with van der Waals surface area (Å²) in [4.78, 5) is 30.7. The molecule has 0 saturated carbocycles. The fourth-order valence-electron chi connectivity index (χ4n) is 3.56. The number of nitrogens with zero attached hydrogens (tertiary/aromatic N) is 3. The highest BCUT2D eigenvalue weighted by atomic mass is 35.5. The second-order valence-corrected chi connectivity index (χ2v) is 7.52. The van der Waals surface area contributed by atoms with Crippen LogP contribution in [0.15, 0.2) is 73.1 Å². The molecule has 7 nitrogen and oxygen atoms in total. The van der Waals surface area contributed by atoms with Crippen molar-refractivity contribution in [2.24, 2.45) is 0 Å². The van der Waals surface area contributed by atoms with Crippen molar-refractivity contribution in [1.82, 2.24) is 9.55 Å². The average molecular weight is 433 g/mol. The lowest BCUT2D eigenvalue weighted by Gasteiger charge is -2.29. The fraction of sp³-hybridized carbons (Fsp3) is 0.0870. The normalized spacial score (nSPS) is 13.1. The van der Waals surface area contributed by atoms with Gasteiger partial charge in [-0.2, -0.15) is 0 Å². The van der Waals surface area contributed by atoms with Crippen molar-refractivity contribution in [2.75, 3.05) is 23.4 Å². The molecule has 4 aromatic rings. The first-order valence-electron chi connectivity index (χ1n) is 9.63. The minimum absolute atomic E-state index is 0.116. The molecule has 2 heterocycles. The topological polar surface area (TPSA) is 76.5 Å². The Bertz CT molecular complexity index is 1300. The molecule has 31 heavy (non-hydrogen) atoms. The summed E-state index contributed by atoms with van der Waals surface area (Å²) in [6, 6.07) is 20.3. The predicted octanol–water partition coefficient (Wildman–Crippen LogP) is 4.04. The molecule has 1 aromatic heterocycles. The number of carbonyl (C=O) groups excluding carboxylic acids is 2. The van der Waals surface area contributed by atoms with E-state index in [4.69, 9.17) is 16.3 Å². The number of anilines is 2. The molecule has 3 aromatic carbocycles. The summed E-state index contributed by atoms with van der Waals surface area (Å²) in [6.07, 6.45) is 1.77. The summed E-state index contributed by atoms with van der Waals surface area (Å²) in [6.45, 7) is -0.251. The molecule has 1 N–H and O–H groups in total. The molecule has 5 rings (SSSR count). The molecule has 1 aliphatic rings. The summed E-state index contributed by atoms with van der Waals surface area (Å²) in [7, 11) is 0. The molecule has 0 aliphatic carbocycles. The van der Waals surface area contributed by atoms with E-state index in [1.54, 1.807) is 24.5 Å². The Hall–Kier alpha value is -3.84. The molecular formula is C23H17ClN4O3. The third kappa shape index (κ3) is 3.71. The van der Waals surface area contributed by atoms with E-state index < -0.39 is 0 Å². The number of amides is 2. The van der Waals surface area contributed by atoms with Gasteiger partial charge in [-0.15, -0.1) is 0 Å². The number of benzene rings is 3. The number of hydrogen-bond donors (Lipinski definition) is 1. The van der Waals surface area contributed by atoms with Crippen LogP contribution in [0.4, 0.5) is 11.4 Å². The Morgan fingerprint density at radius 1 is 1.10 bits per heavy atom. The molecule has 154 valence electrons. The van der Waals surface area contributed by atoms with E-state index >= 15 is 0 Å². The number of aromatic nitrogens is 2. The Balaban J connectivity index is 1.31. The second-order valence-electron chi connectivity index (χ2n) is 7.08. The monoisotopic (exact) mass is 432 g/mol. The highest BCUT2D eigenvalue weighted by Gasteiger charge is 2.27. The van der Waals surface area contributed by atoms with E-state index in [1.807, 2.05) is 53.1 Å². The number of ether oxygens (including phenoxy) is 1. The van der Waals surface area contributed by atoms with Crippen LogP contribution in [0.1, 0.15) is 0 Å². The number of halogens is 1. The van der Waals surface area contributed by atoms with E-state index in [0.29, 0.717) is 22.1 Å². The Kier molecular flexibility index (Phi) is 4.80. The van der Waals surface area contributed by atoms with Crippen LogP contribution < -0.4 is 15.0 Å². The summed E-state index contributed by atoms with van der Waals surface area (Å²) in [5.41, 5.74) is 3.96. The smallest absolute Gasteiger partial charge is 0.265 e. The first-order chi connectivity index (χ1) is 15.1. The molecule has 1 aliphatic heterocycles. The van der Waals surface area contributed by atoms with E-state index in [2.05, 4.69) is 10.3 Å². The summed E-state index contributed by atoms with van der Waals surface area (Å²) in [5.74, 6) is -0.0945. The fourth-order valence-corrected chi connectivity index (χ4v) is 3.73. The minimum atomic E-state index is -0.318. The number of imidazole rings is 1. The summed E-state index contributed by atoms with van der Waals surface area (Å²) < 4.78 is 7.39. The molecule has 0 radical (unpaired) electrons. The van der Waals surface area contributed by atoms with Gasteiger partial charge in [-0.3, -0.25) is 19.1 Å². The van der Waals surface area contributed by atoms with Crippen LogP contribution in [0.2, 0.25) is 5.02 Å². The number of para-hydroxylation sites is 2. The Morgan fingerprint density at radius 2 is 1.90 bits per heavy atom. The maximum atomic E-state index is 12.6. The molecule has 0 saturated heterocycles. The maximum absolute atomic E-state index is 12.6. The molecular weight excluding hydrogens is 416 g/mol. The van der Waals surface area contributed by atoms with Gasteiger partial charge in [0, 0.05) is 16.4 Å². The van der Waals surface area contributed by atoms with E-state index in [9.17, 15) is 9.59 Å². The first-order valence-corrected chi connectivity index (χ1v) is 10.0. The van der Waals surface area contributed by atoms with Crippen LogP contribution in [-0.2, 0) is 9.59 Å². The van der Waals surface area contributed by atoms with Gasteiger partial charge in [0.15, 0.2) is 6.61 Å². The van der Waals surface area contributed by atoms with Gasteiger partial charge in [-0.1, -0.05) is 23.7 Å². The summed E-state index contributed by atoms with van der Waals surface area (Å²) >= 11 is 6.05. The van der Waals surface area contributed by atoms with Gasteiger partial charge in [-0.05, 0) is 54.6 Å². The third-order valence-electron chi connectivity index (χ3n) is 5.05. The van der Waals surface area contributed by atoms with Crippen molar-refractivity contribution in [3.63, 3.8) is 0 Å². The van der Waals surface area contributed by atoms with Crippen LogP contribution in [0.5, 0.6) is 5.75 Å². The lowest BCUT2D eigenvalue weighted by atomic mass is 10.2. The lowest BCUT2D eigenvalue weighted by molar-refractivity contribution is -0.123. The van der Waals surface area contributed by atoms with Crippen LogP contribution in [-0.4, -0.2) is 34.5 Å². The molecule has 0 fully saturated rings. The highest BCUT2D eigenvalue weighted by Crippen LogP contribution is 2.34. The Morgan fingerprint density at radius 3 is 2.74 bits per heavy atom. The van der Waals surface area contributed by atoms with Crippen molar-refractivity contribution >= 4 is 45.8 Å². The number of fused-ring (bicyclic) bond motifs is 2. The SMILES string of the molecule is O=C(CN1C(=O)COc2ccc(Cl)cc21)Nc1ccc(-n2cnc3ccccc32)cc1. The van der Waals surface area contributed by atoms with Crippen molar-refractivity contribution in [2.45, 2.75) is 0 Å². The lowest BCUT2D eigenvalue weighted by Crippen LogP contribution is -2.43. The van der Waals surface area contributed by atoms with Crippen molar-refractivity contribution in [3.8, 4) is 11.4 Å². The number of rotatable bonds is 4. The average Bonchev–Trinajstić information content (AvgIpc) is 3.21. The van der Waals surface area contributed by atoms with Crippen molar-refractivity contribution in [3.05, 3.63) is 78.1 Å². The van der Waals surface area contributed by atoms with Crippen LogP contribution in [0.3, 0.4) is 0 Å². The standard InChI is InChI=1S/C23H17ClN4O3/c24-15-5-10-21-20(11-15)27(23(30)13-31-21)12-22(29)26-16-6-8-17(9-7-16)28-14-25-18-3-1-2-4-19(18)28/h1-11,14H,12-13H2,(H,26,29). The number of carbonyl (C=O) groups is 2. The van der Waals surface area contributed by atoms with Gasteiger partial charge in [0.25, 0.3) is 5.91 Å². The molecule has 8 heteroatoms. The molecule has 0 spiro atoms. The first kappa shape index (κ1) is 19.1. The number of hydrogen-bond acceptors (Lipinski definition) is 4. The van der Waals surface area contributed by atoms with Gasteiger partial charge >= 0.3 is 0 Å². The van der Waals surface area contributed by atoms with Gasteiger partial charge in [0.1, 0.15) is 18.6 Å². The van der Waals surface area contributed by atoms with Gasteiger partial charge in [0.2, 0.25) is 5.91 Å². The van der Waals surface area contributed by atoms with Crippen LogP contribution in [0.25, 0.3) is 16.7 Å². The summed E-state index contributed by atoms with van der Waals surface area (Å²) in [5, 5.41) is 3.30. The number of nitrogens with one attached hydrogen (secondary N) is 1. The van der Waals surface area contributed by atoms with Crippen molar-refractivity contribution < 1.29 is 14.3 Å². The largest absolute Gasteiger partial charge is 0.482 e. The Labute approximate surface area is 182 Å². The zero-order chi connectivity index (χ0) is 21.4. The van der Waals surface area contributed by atoms with Gasteiger partial charge < -0.3 is 10.1 Å². The maximum Gasteiger partial charge on any atom is 0.265 e. The van der Waals surface area contributed by atoms with Gasteiger partial charge in [0.05, 0.1) is 16.7 Å². The van der Waals surface area contributed by atoms with E-state index in [-0.39, 0.29) is 25.0 Å². The van der Waals surface area contributed by atoms with Crippen molar-refractivity contribution in [1.29, 1.82) is 0 Å². The van der Waals surface area contributed by atoms with Crippen LogP contribution in [0, 0.1) is 0 Å². The predicted molar refractivity (Wildman–Crippen MR) is 119 cm³/mol. The molecule has 2 amide bonds. The zero-order valence-electron chi connectivity index (χ0n) is 16.3. The van der Waals surface area contributed by atoms with E-state index in [1.165, 1.54) is 4.90 Å². The van der Waals surface area contributed by atoms with E-state index in [0.717, 1.165) is 16.7 Å². The zero-order valence-corrected chi connectivity index (χ0v) is 17.0. The molecule has 0 bridgehead atoms. The highest BCUT2D eigenvalue weighted by molar-refractivity contribution is 6.31. The minimum Gasteiger partial charge on any atom is -0.482 e.